The van der Waals surface area contributed by atoms with Gasteiger partial charge < -0.3 is 19.3 Å². The van der Waals surface area contributed by atoms with Crippen LogP contribution in [0.3, 0.4) is 0 Å². The summed E-state index contributed by atoms with van der Waals surface area (Å²) in [7, 11) is -3.23. The lowest BCUT2D eigenvalue weighted by Crippen LogP contribution is -2.48. The first kappa shape index (κ1) is 23.7. The van der Waals surface area contributed by atoms with Crippen LogP contribution in [0.1, 0.15) is 43.1 Å². The molecule has 4 rings (SSSR count). The third-order valence-electron chi connectivity index (χ3n) is 6.50. The van der Waals surface area contributed by atoms with Crippen LogP contribution in [0.2, 0.25) is 0 Å². The molecule has 0 radical (unpaired) electrons. The first-order valence-corrected chi connectivity index (χ1v) is 13.1. The second-order valence-corrected chi connectivity index (χ2v) is 11.2. The molecule has 0 atom stereocenters. The topological polar surface area (TPSA) is 122 Å². The van der Waals surface area contributed by atoms with Crippen LogP contribution >= 0.6 is 0 Å². The number of amides is 1. The zero-order chi connectivity index (χ0) is 23.6. The highest BCUT2D eigenvalue weighted by Crippen LogP contribution is 2.39. The fourth-order valence-corrected chi connectivity index (χ4v) is 4.87. The summed E-state index contributed by atoms with van der Waals surface area (Å²) in [5.74, 6) is 0.983. The molecule has 1 aliphatic carbocycles. The predicted molar refractivity (Wildman–Crippen MR) is 120 cm³/mol. The molecule has 11 nitrogen and oxygen atoms in total. The van der Waals surface area contributed by atoms with Crippen molar-refractivity contribution >= 4 is 28.2 Å². The number of carbonyl (C=O) groups excluding carboxylic acids is 2. The van der Waals surface area contributed by atoms with Gasteiger partial charge in [-0.2, -0.15) is 4.31 Å². The van der Waals surface area contributed by atoms with Crippen molar-refractivity contribution in [1.82, 2.24) is 19.2 Å². The Bertz CT molecular complexity index is 983. The van der Waals surface area contributed by atoms with Crippen molar-refractivity contribution < 1.29 is 27.5 Å². The molecule has 0 spiro atoms. The van der Waals surface area contributed by atoms with E-state index in [-0.39, 0.29) is 29.2 Å². The van der Waals surface area contributed by atoms with Gasteiger partial charge in [-0.25, -0.2) is 23.2 Å². The number of sulfonamides is 1. The van der Waals surface area contributed by atoms with Crippen LogP contribution in [-0.4, -0.2) is 97.7 Å². The zero-order valence-corrected chi connectivity index (χ0v) is 19.9. The van der Waals surface area contributed by atoms with Crippen molar-refractivity contribution in [2.24, 2.45) is 5.92 Å². The molecule has 33 heavy (non-hydrogen) atoms. The highest BCUT2D eigenvalue weighted by molar-refractivity contribution is 7.88. The number of aromatic nitrogens is 2. The van der Waals surface area contributed by atoms with Crippen LogP contribution in [0.15, 0.2) is 6.20 Å². The first-order valence-electron chi connectivity index (χ1n) is 11.3. The van der Waals surface area contributed by atoms with Crippen LogP contribution in [0, 0.1) is 5.92 Å². The normalized spacial score (nSPS) is 21.5. The van der Waals surface area contributed by atoms with Gasteiger partial charge in [-0.3, -0.25) is 4.79 Å². The molecule has 12 heteroatoms. The molecule has 2 saturated heterocycles. The highest BCUT2D eigenvalue weighted by Gasteiger charge is 2.43. The molecule has 0 aromatic carbocycles. The van der Waals surface area contributed by atoms with Crippen molar-refractivity contribution in [3.63, 3.8) is 0 Å². The standard InChI is InChI=1S/C21H31N5O6S/c1-21(5-6-21)32-20(28)25-7-3-16(4-8-25)15-31-18-13-22-19(17(14-27)23-18)24-9-11-26(12-10-24)33(2,29)30/h13-14,16H,3-12,15H2,1-2H3. The van der Waals surface area contributed by atoms with Gasteiger partial charge in [0.2, 0.25) is 15.9 Å². The number of anilines is 1. The molecule has 2 aliphatic heterocycles. The second-order valence-electron chi connectivity index (χ2n) is 9.24. The van der Waals surface area contributed by atoms with Crippen molar-refractivity contribution in [1.29, 1.82) is 0 Å². The van der Waals surface area contributed by atoms with Crippen molar-refractivity contribution in [2.45, 2.75) is 38.2 Å². The molecule has 1 aromatic rings. The summed E-state index contributed by atoms with van der Waals surface area (Å²) in [6.07, 6.45) is 6.57. The van der Waals surface area contributed by atoms with Crippen LogP contribution in [0.5, 0.6) is 5.88 Å². The van der Waals surface area contributed by atoms with Gasteiger partial charge in [0.15, 0.2) is 12.1 Å². The fraction of sp³-hybridized carbons (Fsp3) is 0.714. The maximum atomic E-state index is 12.2. The summed E-state index contributed by atoms with van der Waals surface area (Å²) in [6, 6.07) is 0. The van der Waals surface area contributed by atoms with E-state index in [1.54, 1.807) is 4.90 Å². The monoisotopic (exact) mass is 481 g/mol. The van der Waals surface area contributed by atoms with Gasteiger partial charge in [-0.05, 0) is 38.5 Å². The number of piperidine rings is 1. The Kier molecular flexibility index (Phi) is 6.76. The van der Waals surface area contributed by atoms with Gasteiger partial charge in [0, 0.05) is 39.3 Å². The van der Waals surface area contributed by atoms with Gasteiger partial charge in [-0.15, -0.1) is 0 Å². The number of rotatable bonds is 7. The fourth-order valence-electron chi connectivity index (χ4n) is 4.04. The average Bonchev–Trinajstić information content (AvgIpc) is 3.53. The number of likely N-dealkylation sites (tertiary alicyclic amines) is 1. The van der Waals surface area contributed by atoms with Crippen LogP contribution in [0.4, 0.5) is 10.6 Å². The lowest BCUT2D eigenvalue weighted by molar-refractivity contribution is 0.0454. The number of aldehydes is 1. The highest BCUT2D eigenvalue weighted by atomic mass is 32.2. The molecule has 0 N–H and O–H groups in total. The van der Waals surface area contributed by atoms with Gasteiger partial charge in [0.05, 0.1) is 19.1 Å². The van der Waals surface area contributed by atoms with E-state index in [2.05, 4.69) is 9.97 Å². The maximum Gasteiger partial charge on any atom is 0.410 e. The Morgan fingerprint density at radius 3 is 2.42 bits per heavy atom. The summed E-state index contributed by atoms with van der Waals surface area (Å²) in [5, 5.41) is 0. The van der Waals surface area contributed by atoms with E-state index >= 15 is 0 Å². The minimum atomic E-state index is -3.23. The number of piperazine rings is 1. The number of nitrogens with zero attached hydrogens (tertiary/aromatic N) is 5. The third kappa shape index (κ3) is 5.91. The summed E-state index contributed by atoms with van der Waals surface area (Å²) >= 11 is 0. The van der Waals surface area contributed by atoms with Crippen LogP contribution in [-0.2, 0) is 14.8 Å². The molecule has 182 valence electrons. The summed E-state index contributed by atoms with van der Waals surface area (Å²) in [6.45, 7) is 5.19. The molecule has 3 fully saturated rings. The molecule has 1 amide bonds. The molecule has 3 heterocycles. The third-order valence-corrected chi connectivity index (χ3v) is 7.81. The predicted octanol–water partition coefficient (Wildman–Crippen LogP) is 1.15. The second kappa shape index (κ2) is 9.41. The van der Waals surface area contributed by atoms with E-state index < -0.39 is 10.0 Å². The van der Waals surface area contributed by atoms with E-state index in [1.807, 2.05) is 11.8 Å². The maximum absolute atomic E-state index is 12.2. The van der Waals surface area contributed by atoms with Crippen molar-refractivity contribution in [3.05, 3.63) is 11.9 Å². The molecular weight excluding hydrogens is 450 g/mol. The Balaban J connectivity index is 1.26. The lowest BCUT2D eigenvalue weighted by Gasteiger charge is -2.34. The van der Waals surface area contributed by atoms with E-state index in [0.29, 0.717) is 58.0 Å². The Morgan fingerprint density at radius 2 is 1.85 bits per heavy atom. The zero-order valence-electron chi connectivity index (χ0n) is 19.1. The molecule has 1 aromatic heterocycles. The number of ether oxygens (including phenoxy) is 2. The molecule has 1 saturated carbocycles. The quantitative estimate of drug-likeness (QED) is 0.528. The number of hydrogen-bond acceptors (Lipinski definition) is 9. The lowest BCUT2D eigenvalue weighted by atomic mass is 9.98. The minimum Gasteiger partial charge on any atom is -0.476 e. The Morgan fingerprint density at radius 1 is 1.18 bits per heavy atom. The molecule has 3 aliphatic rings. The summed E-state index contributed by atoms with van der Waals surface area (Å²) in [5.41, 5.74) is -0.0918. The van der Waals surface area contributed by atoms with E-state index in [0.717, 1.165) is 25.7 Å². The Labute approximate surface area is 194 Å². The van der Waals surface area contributed by atoms with Crippen LogP contribution in [0.25, 0.3) is 0 Å². The van der Waals surface area contributed by atoms with E-state index in [4.69, 9.17) is 9.47 Å². The number of carbonyl (C=O) groups is 2. The summed E-state index contributed by atoms with van der Waals surface area (Å²) < 4.78 is 36.1. The first-order chi connectivity index (χ1) is 15.7. The largest absolute Gasteiger partial charge is 0.476 e. The average molecular weight is 482 g/mol. The van der Waals surface area contributed by atoms with Crippen LogP contribution < -0.4 is 9.64 Å². The van der Waals surface area contributed by atoms with E-state index in [9.17, 15) is 18.0 Å². The van der Waals surface area contributed by atoms with Crippen molar-refractivity contribution in [2.75, 3.05) is 57.0 Å². The summed E-state index contributed by atoms with van der Waals surface area (Å²) in [4.78, 5) is 36.1. The molecular formula is C21H31N5O6S. The van der Waals surface area contributed by atoms with Gasteiger partial charge >= 0.3 is 6.09 Å². The van der Waals surface area contributed by atoms with Gasteiger partial charge in [0.1, 0.15) is 11.3 Å². The molecule has 0 unspecified atom stereocenters. The van der Waals surface area contributed by atoms with Gasteiger partial charge in [0.25, 0.3) is 0 Å². The van der Waals surface area contributed by atoms with Gasteiger partial charge in [-0.1, -0.05) is 0 Å². The van der Waals surface area contributed by atoms with E-state index in [1.165, 1.54) is 16.8 Å². The molecule has 0 bridgehead atoms. The minimum absolute atomic E-state index is 0.173. The Hall–Kier alpha value is -2.47. The SMILES string of the molecule is CC1(OC(=O)N2CCC(COc3cnc(N4CCN(S(C)(=O)=O)CC4)c(C=O)n3)CC2)CC1. The van der Waals surface area contributed by atoms with Crippen molar-refractivity contribution in [3.8, 4) is 5.88 Å². The smallest absolute Gasteiger partial charge is 0.410 e. The number of hydrogen-bond donors (Lipinski definition) is 0.